The molecular formula is C19H20ClN3O4. The highest BCUT2D eigenvalue weighted by atomic mass is 35.5. The van der Waals surface area contributed by atoms with Gasteiger partial charge in [0.2, 0.25) is 0 Å². The molecule has 0 aliphatic heterocycles. The van der Waals surface area contributed by atoms with Crippen molar-refractivity contribution in [2.24, 2.45) is 0 Å². The van der Waals surface area contributed by atoms with E-state index in [1.807, 2.05) is 25.1 Å². The molecule has 0 spiro atoms. The monoisotopic (exact) mass is 389 g/mol. The minimum Gasteiger partial charge on any atom is -0.497 e. The van der Waals surface area contributed by atoms with E-state index in [4.69, 9.17) is 25.5 Å². The van der Waals surface area contributed by atoms with Crippen molar-refractivity contribution >= 4 is 17.5 Å². The van der Waals surface area contributed by atoms with Gasteiger partial charge < -0.3 is 19.2 Å². The summed E-state index contributed by atoms with van der Waals surface area (Å²) in [6.45, 7) is 3.09. The molecular weight excluding hydrogens is 370 g/mol. The SMILES string of the molecule is CCn1ncc(Cl)c1CNC(=O)c1ccc(COc2cccc(OC)c2)o1. The fourth-order valence-corrected chi connectivity index (χ4v) is 2.72. The molecule has 2 heterocycles. The topological polar surface area (TPSA) is 78.5 Å². The number of halogens is 1. The highest BCUT2D eigenvalue weighted by molar-refractivity contribution is 6.31. The summed E-state index contributed by atoms with van der Waals surface area (Å²) in [7, 11) is 1.59. The van der Waals surface area contributed by atoms with Crippen LogP contribution in [0.2, 0.25) is 5.02 Å². The van der Waals surface area contributed by atoms with E-state index in [0.29, 0.717) is 28.8 Å². The van der Waals surface area contributed by atoms with Gasteiger partial charge >= 0.3 is 0 Å². The first-order valence-corrected chi connectivity index (χ1v) is 8.82. The van der Waals surface area contributed by atoms with E-state index in [9.17, 15) is 4.79 Å². The number of nitrogens with zero attached hydrogens (tertiary/aromatic N) is 2. The summed E-state index contributed by atoms with van der Waals surface area (Å²) in [5.74, 6) is 1.77. The number of hydrogen-bond acceptors (Lipinski definition) is 5. The molecule has 0 fully saturated rings. The number of rotatable bonds is 8. The van der Waals surface area contributed by atoms with Crippen LogP contribution in [0.15, 0.2) is 47.0 Å². The molecule has 1 amide bonds. The number of ether oxygens (including phenoxy) is 2. The van der Waals surface area contributed by atoms with Crippen LogP contribution in [0.1, 0.15) is 28.9 Å². The minimum atomic E-state index is -0.331. The molecule has 3 aromatic rings. The van der Waals surface area contributed by atoms with E-state index < -0.39 is 0 Å². The average Bonchev–Trinajstić information content (AvgIpc) is 3.31. The van der Waals surface area contributed by atoms with E-state index in [-0.39, 0.29) is 24.8 Å². The van der Waals surface area contributed by atoms with Gasteiger partial charge in [0.05, 0.1) is 30.6 Å². The van der Waals surface area contributed by atoms with Crippen LogP contribution in [0.4, 0.5) is 0 Å². The van der Waals surface area contributed by atoms with E-state index in [1.54, 1.807) is 36.2 Å². The molecule has 0 saturated heterocycles. The van der Waals surface area contributed by atoms with Gasteiger partial charge in [-0.3, -0.25) is 9.48 Å². The minimum absolute atomic E-state index is 0.203. The smallest absolute Gasteiger partial charge is 0.287 e. The Bertz CT molecular complexity index is 919. The Morgan fingerprint density at radius 3 is 2.89 bits per heavy atom. The molecule has 142 valence electrons. The fourth-order valence-electron chi connectivity index (χ4n) is 2.51. The lowest BCUT2D eigenvalue weighted by Crippen LogP contribution is -2.24. The number of aromatic nitrogens is 2. The lowest BCUT2D eigenvalue weighted by atomic mass is 10.3. The highest BCUT2D eigenvalue weighted by Crippen LogP contribution is 2.20. The average molecular weight is 390 g/mol. The van der Waals surface area contributed by atoms with Crippen molar-refractivity contribution in [1.29, 1.82) is 0 Å². The molecule has 0 unspecified atom stereocenters. The van der Waals surface area contributed by atoms with Crippen molar-refractivity contribution in [2.75, 3.05) is 7.11 Å². The first-order chi connectivity index (χ1) is 13.1. The van der Waals surface area contributed by atoms with Crippen molar-refractivity contribution in [3.63, 3.8) is 0 Å². The standard InChI is InChI=1S/C19H20ClN3O4/c1-3-23-17(16(20)10-22-23)11-21-19(24)18-8-7-15(27-18)12-26-14-6-4-5-13(9-14)25-2/h4-10H,3,11-12H2,1-2H3,(H,21,24). The number of carbonyl (C=O) groups is 1. The van der Waals surface area contributed by atoms with Crippen molar-refractivity contribution in [1.82, 2.24) is 15.1 Å². The second-order valence-electron chi connectivity index (χ2n) is 5.67. The summed E-state index contributed by atoms with van der Waals surface area (Å²) >= 11 is 6.09. The molecule has 0 bridgehead atoms. The number of hydrogen-bond donors (Lipinski definition) is 1. The summed E-state index contributed by atoms with van der Waals surface area (Å²) in [6.07, 6.45) is 1.56. The van der Waals surface area contributed by atoms with Crippen molar-refractivity contribution in [2.45, 2.75) is 26.6 Å². The Labute approximate surface area is 161 Å². The molecule has 1 aromatic carbocycles. The van der Waals surface area contributed by atoms with E-state index in [1.165, 1.54) is 0 Å². The molecule has 7 nitrogen and oxygen atoms in total. The second-order valence-corrected chi connectivity index (χ2v) is 6.08. The molecule has 0 saturated carbocycles. The van der Waals surface area contributed by atoms with Crippen LogP contribution >= 0.6 is 11.6 Å². The Morgan fingerprint density at radius 2 is 2.11 bits per heavy atom. The van der Waals surface area contributed by atoms with Crippen LogP contribution in [0.5, 0.6) is 11.5 Å². The Morgan fingerprint density at radius 1 is 1.30 bits per heavy atom. The van der Waals surface area contributed by atoms with Gasteiger partial charge in [0, 0.05) is 12.6 Å². The Hall–Kier alpha value is -2.93. The zero-order valence-corrected chi connectivity index (χ0v) is 15.8. The first-order valence-electron chi connectivity index (χ1n) is 8.44. The molecule has 0 atom stereocenters. The predicted molar refractivity (Wildman–Crippen MR) is 100 cm³/mol. The van der Waals surface area contributed by atoms with Crippen LogP contribution in [-0.2, 0) is 19.7 Å². The maximum absolute atomic E-state index is 12.3. The number of methoxy groups -OCH3 is 1. The normalized spacial score (nSPS) is 10.6. The second kappa shape index (κ2) is 8.64. The lowest BCUT2D eigenvalue weighted by Gasteiger charge is -2.07. The van der Waals surface area contributed by atoms with Gasteiger partial charge in [-0.15, -0.1) is 0 Å². The van der Waals surface area contributed by atoms with Crippen LogP contribution < -0.4 is 14.8 Å². The van der Waals surface area contributed by atoms with E-state index >= 15 is 0 Å². The molecule has 2 aromatic heterocycles. The largest absolute Gasteiger partial charge is 0.497 e. The quantitative estimate of drug-likeness (QED) is 0.636. The van der Waals surface area contributed by atoms with Gasteiger partial charge in [0.1, 0.15) is 23.9 Å². The van der Waals surface area contributed by atoms with Crippen LogP contribution in [0.3, 0.4) is 0 Å². The number of aryl methyl sites for hydroxylation is 1. The zero-order chi connectivity index (χ0) is 19.2. The number of benzene rings is 1. The lowest BCUT2D eigenvalue weighted by molar-refractivity contribution is 0.0918. The highest BCUT2D eigenvalue weighted by Gasteiger charge is 2.14. The maximum atomic E-state index is 12.3. The third kappa shape index (κ3) is 4.62. The maximum Gasteiger partial charge on any atom is 0.287 e. The van der Waals surface area contributed by atoms with Gasteiger partial charge in [-0.1, -0.05) is 17.7 Å². The van der Waals surface area contributed by atoms with E-state index in [0.717, 1.165) is 5.69 Å². The summed E-state index contributed by atoms with van der Waals surface area (Å²) in [5, 5.41) is 7.44. The van der Waals surface area contributed by atoms with Crippen molar-refractivity contribution in [3.8, 4) is 11.5 Å². The van der Waals surface area contributed by atoms with Crippen LogP contribution in [0.25, 0.3) is 0 Å². The summed E-state index contributed by atoms with van der Waals surface area (Å²) < 4.78 is 18.1. The number of amides is 1. The first kappa shape index (κ1) is 18.8. The van der Waals surface area contributed by atoms with Crippen molar-refractivity contribution < 1.29 is 18.7 Å². The number of nitrogens with one attached hydrogen (secondary N) is 1. The number of furan rings is 1. The molecule has 0 aliphatic rings. The predicted octanol–water partition coefficient (Wildman–Crippen LogP) is 3.67. The molecule has 1 N–H and O–H groups in total. The third-order valence-corrected chi connectivity index (χ3v) is 4.24. The summed E-state index contributed by atoms with van der Waals surface area (Å²) in [5.41, 5.74) is 0.751. The van der Waals surface area contributed by atoms with Gasteiger partial charge in [-0.05, 0) is 31.2 Å². The van der Waals surface area contributed by atoms with Gasteiger partial charge in [-0.2, -0.15) is 5.10 Å². The van der Waals surface area contributed by atoms with Gasteiger partial charge in [0.15, 0.2) is 5.76 Å². The zero-order valence-electron chi connectivity index (χ0n) is 15.1. The van der Waals surface area contributed by atoms with Gasteiger partial charge in [-0.25, -0.2) is 0 Å². The molecule has 3 rings (SSSR count). The fraction of sp³-hybridized carbons (Fsp3) is 0.263. The third-order valence-electron chi connectivity index (χ3n) is 3.92. The summed E-state index contributed by atoms with van der Waals surface area (Å²) in [4.78, 5) is 12.3. The Kier molecular flexibility index (Phi) is 6.03. The summed E-state index contributed by atoms with van der Waals surface area (Å²) in [6, 6.07) is 10.6. The van der Waals surface area contributed by atoms with Crippen LogP contribution in [-0.4, -0.2) is 22.8 Å². The molecule has 0 aliphatic carbocycles. The molecule has 8 heteroatoms. The Balaban J connectivity index is 1.56. The van der Waals surface area contributed by atoms with Gasteiger partial charge in [0.25, 0.3) is 5.91 Å². The van der Waals surface area contributed by atoms with Crippen molar-refractivity contribution in [3.05, 3.63) is 64.8 Å². The molecule has 27 heavy (non-hydrogen) atoms. The van der Waals surface area contributed by atoms with Crippen LogP contribution in [0, 0.1) is 0 Å². The number of carbonyl (C=O) groups excluding carboxylic acids is 1. The van der Waals surface area contributed by atoms with E-state index in [2.05, 4.69) is 10.4 Å². The molecule has 0 radical (unpaired) electrons.